The molecule has 0 aliphatic heterocycles. The first kappa shape index (κ1) is 15.4. The van der Waals surface area contributed by atoms with Crippen LogP contribution < -0.4 is 9.47 Å². The average molecular weight is 334 g/mol. The molecule has 0 bridgehead atoms. The molecule has 0 spiro atoms. The van der Waals surface area contributed by atoms with Gasteiger partial charge in [0.15, 0.2) is 11.5 Å². The molecular weight excluding hydrogens is 316 g/mol. The highest BCUT2D eigenvalue weighted by Gasteiger charge is 2.10. The van der Waals surface area contributed by atoms with Gasteiger partial charge >= 0.3 is 0 Å². The van der Waals surface area contributed by atoms with E-state index in [0.29, 0.717) is 24.5 Å². The Bertz CT molecular complexity index is 1040. The van der Waals surface area contributed by atoms with Gasteiger partial charge in [0, 0.05) is 31.1 Å². The summed E-state index contributed by atoms with van der Waals surface area (Å²) in [7, 11) is 3.65. The number of fused-ring (bicyclic) bond motifs is 2. The van der Waals surface area contributed by atoms with Crippen LogP contribution in [0.3, 0.4) is 0 Å². The zero-order valence-corrected chi connectivity index (χ0v) is 14.1. The molecule has 6 nitrogen and oxygen atoms in total. The van der Waals surface area contributed by atoms with Crippen LogP contribution in [-0.2, 0) is 13.5 Å². The Kier molecular flexibility index (Phi) is 3.93. The second kappa shape index (κ2) is 6.39. The van der Waals surface area contributed by atoms with Gasteiger partial charge in [-0.1, -0.05) is 12.1 Å². The van der Waals surface area contributed by atoms with E-state index >= 15 is 0 Å². The monoisotopic (exact) mass is 334 g/mol. The van der Waals surface area contributed by atoms with E-state index in [-0.39, 0.29) is 0 Å². The fraction of sp³-hybridized carbons (Fsp3) is 0.211. The molecule has 0 aliphatic rings. The van der Waals surface area contributed by atoms with Crippen LogP contribution in [0.5, 0.6) is 11.5 Å². The van der Waals surface area contributed by atoms with E-state index in [2.05, 4.69) is 25.6 Å². The van der Waals surface area contributed by atoms with Gasteiger partial charge in [-0.25, -0.2) is 15.0 Å². The first-order valence-electron chi connectivity index (χ1n) is 8.07. The van der Waals surface area contributed by atoms with Crippen LogP contribution in [0.2, 0.25) is 0 Å². The van der Waals surface area contributed by atoms with Crippen molar-refractivity contribution in [2.24, 2.45) is 7.05 Å². The normalized spacial score (nSPS) is 11.1. The highest BCUT2D eigenvalue weighted by Crippen LogP contribution is 2.31. The van der Waals surface area contributed by atoms with Gasteiger partial charge in [-0.15, -0.1) is 0 Å². The third-order valence-corrected chi connectivity index (χ3v) is 4.25. The lowest BCUT2D eigenvalue weighted by Gasteiger charge is -2.11. The molecule has 126 valence electrons. The number of hydrogen-bond donors (Lipinski definition) is 0. The first-order valence-corrected chi connectivity index (χ1v) is 8.07. The number of imidazole rings is 1. The quantitative estimate of drug-likeness (QED) is 0.561. The highest BCUT2D eigenvalue weighted by atomic mass is 16.5. The maximum atomic E-state index is 5.95. The average Bonchev–Trinajstić information content (AvgIpc) is 2.97. The van der Waals surface area contributed by atoms with E-state index in [4.69, 9.17) is 9.47 Å². The third-order valence-electron chi connectivity index (χ3n) is 4.25. The maximum absolute atomic E-state index is 5.95. The van der Waals surface area contributed by atoms with E-state index in [1.54, 1.807) is 13.3 Å². The second-order valence-electron chi connectivity index (χ2n) is 5.76. The van der Waals surface area contributed by atoms with Crippen LogP contribution in [-0.4, -0.2) is 33.2 Å². The summed E-state index contributed by atoms with van der Waals surface area (Å²) in [5.74, 6) is 2.34. The molecule has 4 aromatic rings. The molecule has 25 heavy (non-hydrogen) atoms. The van der Waals surface area contributed by atoms with E-state index in [0.717, 1.165) is 27.8 Å². The predicted molar refractivity (Wildman–Crippen MR) is 96.0 cm³/mol. The largest absolute Gasteiger partial charge is 0.493 e. The molecular formula is C19H18N4O2. The van der Waals surface area contributed by atoms with Crippen molar-refractivity contribution in [1.29, 1.82) is 0 Å². The number of methoxy groups -OCH3 is 1. The zero-order chi connectivity index (χ0) is 17.2. The summed E-state index contributed by atoms with van der Waals surface area (Å²) in [5.41, 5.74) is 2.95. The van der Waals surface area contributed by atoms with E-state index in [9.17, 15) is 0 Å². The Morgan fingerprint density at radius 1 is 1.08 bits per heavy atom. The molecule has 0 saturated carbocycles. The van der Waals surface area contributed by atoms with Crippen molar-refractivity contribution in [1.82, 2.24) is 19.5 Å². The SMILES string of the molecule is COc1cc2cncnc2cc1OCCc1nc2ccccc2n1C. The summed E-state index contributed by atoms with van der Waals surface area (Å²) in [6, 6.07) is 11.9. The van der Waals surface area contributed by atoms with Crippen molar-refractivity contribution in [3.05, 3.63) is 54.7 Å². The zero-order valence-electron chi connectivity index (χ0n) is 14.1. The van der Waals surface area contributed by atoms with Gasteiger partial charge < -0.3 is 14.0 Å². The van der Waals surface area contributed by atoms with Crippen LogP contribution in [0.25, 0.3) is 21.9 Å². The summed E-state index contributed by atoms with van der Waals surface area (Å²) in [5, 5.41) is 0.919. The van der Waals surface area contributed by atoms with Gasteiger partial charge in [-0.3, -0.25) is 0 Å². The number of hydrogen-bond acceptors (Lipinski definition) is 5. The molecule has 0 unspecified atom stereocenters. The summed E-state index contributed by atoms with van der Waals surface area (Å²) >= 11 is 0. The lowest BCUT2D eigenvalue weighted by molar-refractivity contribution is 0.295. The molecule has 2 heterocycles. The molecule has 4 rings (SSSR count). The Labute approximate surface area is 145 Å². The van der Waals surface area contributed by atoms with Crippen LogP contribution in [0.15, 0.2) is 48.9 Å². The van der Waals surface area contributed by atoms with Crippen molar-refractivity contribution in [2.75, 3.05) is 13.7 Å². The molecule has 0 saturated heterocycles. The van der Waals surface area contributed by atoms with Gasteiger partial charge in [-0.05, 0) is 18.2 Å². The summed E-state index contributed by atoms with van der Waals surface area (Å²) in [4.78, 5) is 13.0. The predicted octanol–water partition coefficient (Wildman–Crippen LogP) is 3.15. The van der Waals surface area contributed by atoms with Crippen LogP contribution in [0.4, 0.5) is 0 Å². The topological polar surface area (TPSA) is 62.1 Å². The summed E-state index contributed by atoms with van der Waals surface area (Å²) in [6.07, 6.45) is 3.99. The second-order valence-corrected chi connectivity index (χ2v) is 5.76. The Hall–Kier alpha value is -3.15. The van der Waals surface area contributed by atoms with Crippen LogP contribution >= 0.6 is 0 Å². The molecule has 6 heteroatoms. The van der Waals surface area contributed by atoms with E-state index in [1.807, 2.05) is 37.4 Å². The van der Waals surface area contributed by atoms with Crippen LogP contribution in [0, 0.1) is 0 Å². The van der Waals surface area contributed by atoms with Crippen molar-refractivity contribution >= 4 is 21.9 Å². The first-order chi connectivity index (χ1) is 12.3. The molecule has 2 aromatic carbocycles. The summed E-state index contributed by atoms with van der Waals surface area (Å²) in [6.45, 7) is 0.504. The van der Waals surface area contributed by atoms with Crippen molar-refractivity contribution in [3.63, 3.8) is 0 Å². The molecule has 0 fully saturated rings. The van der Waals surface area contributed by atoms with Crippen molar-refractivity contribution in [2.45, 2.75) is 6.42 Å². The number of ether oxygens (including phenoxy) is 2. The minimum Gasteiger partial charge on any atom is -0.493 e. The lowest BCUT2D eigenvalue weighted by Crippen LogP contribution is -2.07. The standard InChI is InChI=1S/C19H18N4O2/c1-23-16-6-4-3-5-14(16)22-19(23)7-8-25-18-10-15-13(9-17(18)24-2)11-20-12-21-15/h3-6,9-12H,7-8H2,1-2H3. The highest BCUT2D eigenvalue weighted by molar-refractivity contribution is 5.81. The number of benzene rings is 2. The molecule has 0 atom stereocenters. The van der Waals surface area contributed by atoms with Crippen molar-refractivity contribution < 1.29 is 9.47 Å². The van der Waals surface area contributed by atoms with Gasteiger partial charge in [0.1, 0.15) is 12.2 Å². The van der Waals surface area contributed by atoms with Crippen molar-refractivity contribution in [3.8, 4) is 11.5 Å². The fourth-order valence-corrected chi connectivity index (χ4v) is 2.93. The minimum absolute atomic E-state index is 0.504. The smallest absolute Gasteiger partial charge is 0.163 e. The molecule has 0 radical (unpaired) electrons. The minimum atomic E-state index is 0.504. The van der Waals surface area contributed by atoms with Gasteiger partial charge in [0.05, 0.1) is 30.3 Å². The Balaban J connectivity index is 1.54. The van der Waals surface area contributed by atoms with Gasteiger partial charge in [-0.2, -0.15) is 0 Å². The third kappa shape index (κ3) is 2.87. The number of aryl methyl sites for hydroxylation is 1. The lowest BCUT2D eigenvalue weighted by atomic mass is 10.2. The van der Waals surface area contributed by atoms with E-state index in [1.165, 1.54) is 6.33 Å². The van der Waals surface area contributed by atoms with Gasteiger partial charge in [0.25, 0.3) is 0 Å². The number of nitrogens with zero attached hydrogens (tertiary/aromatic N) is 4. The van der Waals surface area contributed by atoms with Crippen LogP contribution in [0.1, 0.15) is 5.82 Å². The molecule has 0 aliphatic carbocycles. The van der Waals surface area contributed by atoms with E-state index < -0.39 is 0 Å². The molecule has 0 N–H and O–H groups in total. The molecule has 0 amide bonds. The summed E-state index contributed by atoms with van der Waals surface area (Å²) < 4.78 is 13.5. The fourth-order valence-electron chi connectivity index (χ4n) is 2.93. The number of aromatic nitrogens is 4. The molecule has 2 aromatic heterocycles. The Morgan fingerprint density at radius 2 is 1.96 bits per heavy atom. The number of para-hydroxylation sites is 2. The number of rotatable bonds is 5. The van der Waals surface area contributed by atoms with Gasteiger partial charge in [0.2, 0.25) is 0 Å². The Morgan fingerprint density at radius 3 is 2.80 bits per heavy atom. The maximum Gasteiger partial charge on any atom is 0.163 e.